The summed E-state index contributed by atoms with van der Waals surface area (Å²) in [6.45, 7) is 0. The van der Waals surface area contributed by atoms with Gasteiger partial charge < -0.3 is 5.32 Å². The average Bonchev–Trinajstić information content (AvgIpc) is 2.81. The van der Waals surface area contributed by atoms with E-state index in [0.717, 1.165) is 0 Å². The van der Waals surface area contributed by atoms with Crippen LogP contribution < -0.4 is 5.32 Å². The van der Waals surface area contributed by atoms with Gasteiger partial charge in [-0.3, -0.25) is 14.9 Å². The van der Waals surface area contributed by atoms with Crippen LogP contribution in [0.1, 0.15) is 11.1 Å². The first-order valence-electron chi connectivity index (χ1n) is 6.23. The number of hydrogen-bond acceptors (Lipinski definition) is 3. The summed E-state index contributed by atoms with van der Waals surface area (Å²) >= 11 is 12.0. The Bertz CT molecular complexity index is 829. The third kappa shape index (κ3) is 2.45. The molecular formula is C15H8Cl2N2O3. The predicted molar refractivity (Wildman–Crippen MR) is 86.1 cm³/mol. The molecule has 0 fully saturated rings. The van der Waals surface area contributed by atoms with E-state index in [-0.39, 0.29) is 11.6 Å². The third-order valence-electron chi connectivity index (χ3n) is 3.28. The molecule has 110 valence electrons. The molecule has 1 N–H and O–H groups in total. The maximum atomic E-state index is 12.1. The van der Waals surface area contributed by atoms with Crippen LogP contribution in [-0.2, 0) is 4.79 Å². The minimum atomic E-state index is -0.476. The van der Waals surface area contributed by atoms with Gasteiger partial charge in [0, 0.05) is 23.3 Å². The summed E-state index contributed by atoms with van der Waals surface area (Å²) in [5.41, 5.74) is 2.23. The first-order chi connectivity index (χ1) is 10.5. The molecule has 0 spiro atoms. The monoisotopic (exact) mass is 334 g/mol. The molecule has 0 saturated carbocycles. The molecule has 0 unspecified atom stereocenters. The molecule has 7 heteroatoms. The summed E-state index contributed by atoms with van der Waals surface area (Å²) in [7, 11) is 0. The average molecular weight is 335 g/mol. The highest BCUT2D eigenvalue weighted by molar-refractivity contribution is 6.47. The molecule has 0 aromatic heterocycles. The van der Waals surface area contributed by atoms with Crippen molar-refractivity contribution in [2.75, 3.05) is 5.32 Å². The minimum Gasteiger partial charge on any atom is -0.320 e. The van der Waals surface area contributed by atoms with Crippen LogP contribution in [0.4, 0.5) is 11.4 Å². The topological polar surface area (TPSA) is 72.2 Å². The Hall–Kier alpha value is -2.37. The number of carbonyl (C=O) groups is 1. The zero-order valence-electron chi connectivity index (χ0n) is 11.0. The number of benzene rings is 2. The summed E-state index contributed by atoms with van der Waals surface area (Å²) in [5.74, 6) is -0.294. The molecule has 5 nitrogen and oxygen atoms in total. The molecule has 2 aromatic carbocycles. The van der Waals surface area contributed by atoms with Crippen molar-refractivity contribution >= 4 is 52.1 Å². The molecule has 0 bridgehead atoms. The summed E-state index contributed by atoms with van der Waals surface area (Å²) < 4.78 is 0. The van der Waals surface area contributed by atoms with E-state index in [9.17, 15) is 14.9 Å². The van der Waals surface area contributed by atoms with Crippen molar-refractivity contribution in [2.24, 2.45) is 0 Å². The van der Waals surface area contributed by atoms with Crippen molar-refractivity contribution < 1.29 is 9.72 Å². The fourth-order valence-corrected chi connectivity index (χ4v) is 2.57. The number of amides is 1. The van der Waals surface area contributed by atoms with Crippen LogP contribution in [-0.4, -0.2) is 10.8 Å². The van der Waals surface area contributed by atoms with E-state index in [1.807, 2.05) is 0 Å². The number of anilines is 1. The van der Waals surface area contributed by atoms with Crippen LogP contribution in [0, 0.1) is 10.1 Å². The van der Waals surface area contributed by atoms with Gasteiger partial charge in [0.15, 0.2) is 0 Å². The van der Waals surface area contributed by atoms with Gasteiger partial charge in [0.05, 0.1) is 20.7 Å². The molecule has 1 aliphatic rings. The maximum absolute atomic E-state index is 12.1. The lowest BCUT2D eigenvalue weighted by atomic mass is 10.0. The molecule has 2 aromatic rings. The van der Waals surface area contributed by atoms with E-state index < -0.39 is 4.92 Å². The van der Waals surface area contributed by atoms with E-state index in [4.69, 9.17) is 23.2 Å². The largest absolute Gasteiger partial charge is 0.320 e. The number of carbonyl (C=O) groups excluding carboxylic acids is 1. The number of nitrogens with one attached hydrogen (secondary N) is 1. The zero-order chi connectivity index (χ0) is 15.9. The normalized spacial score (nSPS) is 14.8. The molecule has 0 aliphatic carbocycles. The number of nitro groups is 1. The number of halogens is 2. The fourth-order valence-electron chi connectivity index (χ4n) is 2.20. The number of fused-ring (bicyclic) bond motifs is 1. The Morgan fingerprint density at radius 2 is 1.77 bits per heavy atom. The lowest BCUT2D eigenvalue weighted by Gasteiger charge is -2.02. The Morgan fingerprint density at radius 1 is 1.09 bits per heavy atom. The van der Waals surface area contributed by atoms with Gasteiger partial charge in [-0.1, -0.05) is 29.3 Å². The first-order valence-corrected chi connectivity index (χ1v) is 6.99. The second kappa shape index (κ2) is 5.44. The number of hydrogen-bond donors (Lipinski definition) is 1. The second-order valence-corrected chi connectivity index (χ2v) is 5.43. The highest BCUT2D eigenvalue weighted by Crippen LogP contribution is 2.41. The SMILES string of the molecule is O=C1Nc2c(ccc(Cl)c2Cl)/C1=C\c1ccc([N+](=O)[O-])cc1. The van der Waals surface area contributed by atoms with Gasteiger partial charge in [-0.05, 0) is 29.8 Å². The molecular weight excluding hydrogens is 327 g/mol. The highest BCUT2D eigenvalue weighted by Gasteiger charge is 2.27. The standard InChI is InChI=1S/C15H8Cl2N2O3/c16-12-6-5-10-11(15(20)18-14(10)13(12)17)7-8-1-3-9(4-2-8)19(21)22/h1-7H,(H,18,20)/b11-7+. The fraction of sp³-hybridized carbons (Fsp3) is 0. The lowest BCUT2D eigenvalue weighted by Crippen LogP contribution is -2.03. The molecule has 3 rings (SSSR count). The quantitative estimate of drug-likeness (QED) is 0.502. The summed E-state index contributed by atoms with van der Waals surface area (Å²) in [5, 5.41) is 14.0. The zero-order valence-corrected chi connectivity index (χ0v) is 12.5. The Balaban J connectivity index is 2.04. The molecule has 0 saturated heterocycles. The van der Waals surface area contributed by atoms with Crippen molar-refractivity contribution in [3.63, 3.8) is 0 Å². The molecule has 0 radical (unpaired) electrons. The van der Waals surface area contributed by atoms with Crippen molar-refractivity contribution in [3.8, 4) is 0 Å². The van der Waals surface area contributed by atoms with Crippen molar-refractivity contribution in [2.45, 2.75) is 0 Å². The van der Waals surface area contributed by atoms with Gasteiger partial charge in [0.2, 0.25) is 0 Å². The van der Waals surface area contributed by atoms with Crippen LogP contribution in [0.3, 0.4) is 0 Å². The van der Waals surface area contributed by atoms with Gasteiger partial charge in [-0.25, -0.2) is 0 Å². The van der Waals surface area contributed by atoms with Crippen LogP contribution in [0.5, 0.6) is 0 Å². The Kier molecular flexibility index (Phi) is 3.60. The number of non-ortho nitro benzene ring substituents is 1. The lowest BCUT2D eigenvalue weighted by molar-refractivity contribution is -0.384. The van der Waals surface area contributed by atoms with Crippen LogP contribution in [0.2, 0.25) is 10.0 Å². The Morgan fingerprint density at radius 3 is 2.41 bits per heavy atom. The van der Waals surface area contributed by atoms with Gasteiger partial charge >= 0.3 is 0 Å². The molecule has 1 heterocycles. The smallest absolute Gasteiger partial charge is 0.269 e. The minimum absolute atomic E-state index is 0.00625. The second-order valence-electron chi connectivity index (χ2n) is 4.64. The van der Waals surface area contributed by atoms with Gasteiger partial charge in [0.25, 0.3) is 11.6 Å². The van der Waals surface area contributed by atoms with Crippen molar-refractivity contribution in [1.29, 1.82) is 0 Å². The van der Waals surface area contributed by atoms with Crippen LogP contribution >= 0.6 is 23.2 Å². The molecule has 0 atom stereocenters. The number of rotatable bonds is 2. The molecule has 1 aliphatic heterocycles. The van der Waals surface area contributed by atoms with Crippen LogP contribution in [0.15, 0.2) is 36.4 Å². The van der Waals surface area contributed by atoms with E-state index in [1.54, 1.807) is 30.3 Å². The summed E-state index contributed by atoms with van der Waals surface area (Å²) in [4.78, 5) is 22.2. The first kappa shape index (κ1) is 14.6. The van der Waals surface area contributed by atoms with E-state index in [0.29, 0.717) is 32.4 Å². The van der Waals surface area contributed by atoms with Crippen molar-refractivity contribution in [3.05, 3.63) is 67.7 Å². The molecule has 22 heavy (non-hydrogen) atoms. The van der Waals surface area contributed by atoms with E-state index in [1.165, 1.54) is 12.1 Å². The number of nitrogens with zero attached hydrogens (tertiary/aromatic N) is 1. The third-order valence-corrected chi connectivity index (χ3v) is 4.09. The predicted octanol–water partition coefficient (Wildman–Crippen LogP) is 4.39. The van der Waals surface area contributed by atoms with E-state index >= 15 is 0 Å². The Labute approximate surface area is 135 Å². The van der Waals surface area contributed by atoms with Crippen molar-refractivity contribution in [1.82, 2.24) is 0 Å². The highest BCUT2D eigenvalue weighted by atomic mass is 35.5. The maximum Gasteiger partial charge on any atom is 0.269 e. The van der Waals surface area contributed by atoms with Gasteiger partial charge in [-0.15, -0.1) is 0 Å². The summed E-state index contributed by atoms with van der Waals surface area (Å²) in [6.07, 6.45) is 1.65. The summed E-state index contributed by atoms with van der Waals surface area (Å²) in [6, 6.07) is 9.25. The van der Waals surface area contributed by atoms with Crippen LogP contribution in [0.25, 0.3) is 11.6 Å². The van der Waals surface area contributed by atoms with Gasteiger partial charge in [0.1, 0.15) is 0 Å². The van der Waals surface area contributed by atoms with Gasteiger partial charge in [-0.2, -0.15) is 0 Å². The molecule has 1 amide bonds. The number of nitro benzene ring substituents is 1. The van der Waals surface area contributed by atoms with E-state index in [2.05, 4.69) is 5.32 Å².